The second kappa shape index (κ2) is 6.22. The predicted molar refractivity (Wildman–Crippen MR) is 65.3 cm³/mol. The molecule has 1 aromatic carbocycles. The summed E-state index contributed by atoms with van der Waals surface area (Å²) in [7, 11) is 0. The Hall–Kier alpha value is -1.59. The Bertz CT molecular complexity index is 435. The number of carbonyl (C=O) groups is 2. The van der Waals surface area contributed by atoms with Crippen molar-refractivity contribution in [2.24, 2.45) is 0 Å². The minimum Gasteiger partial charge on any atom is -0.480 e. The van der Waals surface area contributed by atoms with Crippen molar-refractivity contribution < 1.29 is 14.7 Å². The quantitative estimate of drug-likeness (QED) is 0.741. The van der Waals surface area contributed by atoms with Crippen molar-refractivity contribution in [1.29, 1.82) is 0 Å². The molecule has 1 aromatic rings. The van der Waals surface area contributed by atoms with Gasteiger partial charge in [0.05, 0.1) is 13.1 Å². The lowest BCUT2D eigenvalue weighted by atomic mass is 10.2. The molecule has 0 heterocycles. The van der Waals surface area contributed by atoms with Crippen LogP contribution in [0.1, 0.15) is 5.56 Å². The summed E-state index contributed by atoms with van der Waals surface area (Å²) in [5, 5.41) is 14.1. The molecule has 0 atom stereocenters. The third kappa shape index (κ3) is 4.42. The van der Waals surface area contributed by atoms with Gasteiger partial charge in [-0.05, 0) is 24.6 Å². The molecule has 1 rings (SSSR count). The number of hydrogen-bond donors (Lipinski definition) is 3. The fraction of sp³-hybridized carbons (Fsp3) is 0.273. The molecule has 92 valence electrons. The summed E-state index contributed by atoms with van der Waals surface area (Å²) in [4.78, 5) is 21.7. The number of amides is 1. The van der Waals surface area contributed by atoms with E-state index in [1.165, 1.54) is 0 Å². The molecule has 0 aliphatic carbocycles. The SMILES string of the molecule is Cc1c(Cl)cccc1NC(=O)CNCC(=O)O. The van der Waals surface area contributed by atoms with Gasteiger partial charge < -0.3 is 10.4 Å². The monoisotopic (exact) mass is 256 g/mol. The first-order valence-electron chi connectivity index (χ1n) is 4.98. The minimum atomic E-state index is -1.00. The van der Waals surface area contributed by atoms with Crippen LogP contribution in [0.5, 0.6) is 0 Å². The maximum atomic E-state index is 11.4. The first kappa shape index (κ1) is 13.5. The number of hydrogen-bond acceptors (Lipinski definition) is 3. The number of carboxylic acids is 1. The zero-order valence-corrected chi connectivity index (χ0v) is 10.0. The zero-order chi connectivity index (χ0) is 12.8. The molecule has 0 spiro atoms. The van der Waals surface area contributed by atoms with E-state index < -0.39 is 5.97 Å². The van der Waals surface area contributed by atoms with Crippen LogP contribution in [0.4, 0.5) is 5.69 Å². The van der Waals surface area contributed by atoms with Gasteiger partial charge in [0.15, 0.2) is 0 Å². The van der Waals surface area contributed by atoms with Crippen LogP contribution in [0.2, 0.25) is 5.02 Å². The van der Waals surface area contributed by atoms with Crippen molar-refractivity contribution in [2.45, 2.75) is 6.92 Å². The van der Waals surface area contributed by atoms with Gasteiger partial charge in [-0.15, -0.1) is 0 Å². The van der Waals surface area contributed by atoms with Gasteiger partial charge >= 0.3 is 5.97 Å². The molecule has 0 aromatic heterocycles. The van der Waals surface area contributed by atoms with E-state index in [0.29, 0.717) is 10.7 Å². The highest BCUT2D eigenvalue weighted by Gasteiger charge is 2.06. The number of anilines is 1. The normalized spacial score (nSPS) is 10.0. The second-order valence-electron chi connectivity index (χ2n) is 3.46. The van der Waals surface area contributed by atoms with Crippen LogP contribution < -0.4 is 10.6 Å². The van der Waals surface area contributed by atoms with Crippen LogP contribution in [0.25, 0.3) is 0 Å². The Morgan fingerprint density at radius 1 is 1.35 bits per heavy atom. The Morgan fingerprint density at radius 2 is 2.06 bits per heavy atom. The van der Waals surface area contributed by atoms with Crippen LogP contribution >= 0.6 is 11.6 Å². The van der Waals surface area contributed by atoms with Crippen molar-refractivity contribution in [3.63, 3.8) is 0 Å². The van der Waals surface area contributed by atoms with Gasteiger partial charge in [-0.2, -0.15) is 0 Å². The largest absolute Gasteiger partial charge is 0.480 e. The highest BCUT2D eigenvalue weighted by atomic mass is 35.5. The van der Waals surface area contributed by atoms with Crippen LogP contribution in [0.3, 0.4) is 0 Å². The molecular formula is C11H13ClN2O3. The second-order valence-corrected chi connectivity index (χ2v) is 3.87. The number of carbonyl (C=O) groups excluding carboxylic acids is 1. The third-order valence-electron chi connectivity index (χ3n) is 2.10. The predicted octanol–water partition coefficient (Wildman–Crippen LogP) is 1.26. The van der Waals surface area contributed by atoms with Gasteiger partial charge in [0.1, 0.15) is 0 Å². The Balaban J connectivity index is 2.51. The van der Waals surface area contributed by atoms with E-state index >= 15 is 0 Å². The van der Waals surface area contributed by atoms with E-state index in [1.807, 2.05) is 0 Å². The maximum absolute atomic E-state index is 11.4. The lowest BCUT2D eigenvalue weighted by Gasteiger charge is -2.09. The number of nitrogens with one attached hydrogen (secondary N) is 2. The third-order valence-corrected chi connectivity index (χ3v) is 2.51. The fourth-order valence-corrected chi connectivity index (χ4v) is 1.39. The Kier molecular flexibility index (Phi) is 4.93. The zero-order valence-electron chi connectivity index (χ0n) is 9.29. The summed E-state index contributed by atoms with van der Waals surface area (Å²) in [5.41, 5.74) is 1.40. The minimum absolute atomic E-state index is 0.0573. The average Bonchev–Trinajstić information content (AvgIpc) is 2.24. The average molecular weight is 257 g/mol. The van der Waals surface area contributed by atoms with Crippen LogP contribution in [0, 0.1) is 6.92 Å². The highest BCUT2D eigenvalue weighted by Crippen LogP contribution is 2.22. The van der Waals surface area contributed by atoms with E-state index in [-0.39, 0.29) is 19.0 Å². The molecular weight excluding hydrogens is 244 g/mol. The summed E-state index contributed by atoms with van der Waals surface area (Å²) in [6.45, 7) is 1.49. The van der Waals surface area contributed by atoms with E-state index in [0.717, 1.165) is 5.56 Å². The van der Waals surface area contributed by atoms with Crippen molar-refractivity contribution in [3.8, 4) is 0 Å². The molecule has 6 heteroatoms. The van der Waals surface area contributed by atoms with Gasteiger partial charge in [-0.3, -0.25) is 14.9 Å². The smallest absolute Gasteiger partial charge is 0.317 e. The van der Waals surface area contributed by atoms with Gasteiger partial charge in [0, 0.05) is 10.7 Å². The fourth-order valence-electron chi connectivity index (χ4n) is 1.22. The summed E-state index contributed by atoms with van der Waals surface area (Å²) in [5.74, 6) is -1.31. The lowest BCUT2D eigenvalue weighted by Crippen LogP contribution is -2.31. The molecule has 0 saturated carbocycles. The van der Waals surface area contributed by atoms with Crippen molar-refractivity contribution >= 4 is 29.2 Å². The molecule has 17 heavy (non-hydrogen) atoms. The van der Waals surface area contributed by atoms with Gasteiger partial charge in [-0.25, -0.2) is 0 Å². The first-order chi connectivity index (χ1) is 8.00. The van der Waals surface area contributed by atoms with E-state index in [1.54, 1.807) is 25.1 Å². The maximum Gasteiger partial charge on any atom is 0.317 e. The van der Waals surface area contributed by atoms with Gasteiger partial charge in [-0.1, -0.05) is 17.7 Å². The molecule has 0 radical (unpaired) electrons. The van der Waals surface area contributed by atoms with E-state index in [2.05, 4.69) is 10.6 Å². The van der Waals surface area contributed by atoms with E-state index in [4.69, 9.17) is 16.7 Å². The number of halogens is 1. The summed E-state index contributed by atoms with van der Waals surface area (Å²) in [6, 6.07) is 5.20. The van der Waals surface area contributed by atoms with Crippen molar-refractivity contribution in [3.05, 3.63) is 28.8 Å². The molecule has 1 amide bonds. The summed E-state index contributed by atoms with van der Waals surface area (Å²) in [6.07, 6.45) is 0. The van der Waals surface area contributed by atoms with Crippen LogP contribution in [-0.2, 0) is 9.59 Å². The number of carboxylic acid groups (broad SMARTS) is 1. The molecule has 3 N–H and O–H groups in total. The molecule has 0 unspecified atom stereocenters. The topological polar surface area (TPSA) is 78.4 Å². The van der Waals surface area contributed by atoms with Gasteiger partial charge in [0.2, 0.25) is 5.91 Å². The molecule has 0 fully saturated rings. The summed E-state index contributed by atoms with van der Waals surface area (Å²) >= 11 is 5.90. The van der Waals surface area contributed by atoms with E-state index in [9.17, 15) is 9.59 Å². The summed E-state index contributed by atoms with van der Waals surface area (Å²) < 4.78 is 0. The number of benzene rings is 1. The number of rotatable bonds is 5. The molecule has 0 bridgehead atoms. The molecule has 0 saturated heterocycles. The molecule has 0 aliphatic heterocycles. The number of aliphatic carboxylic acids is 1. The van der Waals surface area contributed by atoms with Gasteiger partial charge in [0.25, 0.3) is 0 Å². The van der Waals surface area contributed by atoms with Crippen molar-refractivity contribution in [2.75, 3.05) is 18.4 Å². The first-order valence-corrected chi connectivity index (χ1v) is 5.36. The Labute approximate surface area is 104 Å². The standard InChI is InChI=1S/C11H13ClN2O3/c1-7-8(12)3-2-4-9(7)14-10(15)5-13-6-11(16)17/h2-4,13H,5-6H2,1H3,(H,14,15)(H,16,17). The highest BCUT2D eigenvalue weighted by molar-refractivity contribution is 6.31. The van der Waals surface area contributed by atoms with Crippen molar-refractivity contribution in [1.82, 2.24) is 5.32 Å². The van der Waals surface area contributed by atoms with Crippen LogP contribution in [0.15, 0.2) is 18.2 Å². The van der Waals surface area contributed by atoms with Crippen LogP contribution in [-0.4, -0.2) is 30.1 Å². The molecule has 0 aliphatic rings. The lowest BCUT2D eigenvalue weighted by molar-refractivity contribution is -0.135. The Morgan fingerprint density at radius 3 is 2.71 bits per heavy atom. The molecule has 5 nitrogen and oxygen atoms in total.